The Bertz CT molecular complexity index is 1050. The van der Waals surface area contributed by atoms with Crippen molar-refractivity contribution in [3.8, 4) is 0 Å². The molecule has 0 heterocycles. The first-order valence-electron chi connectivity index (χ1n) is 18.4. The molecule has 0 aliphatic heterocycles. The predicted molar refractivity (Wildman–Crippen MR) is 190 cm³/mol. The summed E-state index contributed by atoms with van der Waals surface area (Å²) in [7, 11) is 0. The van der Waals surface area contributed by atoms with Crippen molar-refractivity contribution in [2.45, 2.75) is 142 Å². The van der Waals surface area contributed by atoms with Gasteiger partial charge >= 0.3 is 18.0 Å². The van der Waals surface area contributed by atoms with Crippen molar-refractivity contribution in [3.63, 3.8) is 0 Å². The number of nitrogens with two attached hydrogens (primary N) is 1. The second-order valence-electron chi connectivity index (χ2n) is 13.7. The molecule has 1 fully saturated rings. The molecule has 0 unspecified atom stereocenters. The zero-order valence-corrected chi connectivity index (χ0v) is 29.5. The molecule has 7 N–H and O–H groups in total. The number of unbranched alkanes of at least 4 members (excludes halogenated alkanes) is 1. The van der Waals surface area contributed by atoms with E-state index in [4.69, 9.17) is 15.6 Å². The topological polar surface area (TPSA) is 172 Å². The maximum absolute atomic E-state index is 13.4. The number of rotatable bonds is 19. The largest absolute Gasteiger partial charge is 0.481 e. The highest BCUT2D eigenvalue weighted by Crippen LogP contribution is 2.23. The number of hydrogen-bond donors (Lipinski definition) is 6. The molecule has 1 aromatic carbocycles. The summed E-state index contributed by atoms with van der Waals surface area (Å²) in [6.07, 6.45) is 16.7. The number of benzene rings is 1. The van der Waals surface area contributed by atoms with Crippen molar-refractivity contribution in [2.75, 3.05) is 25.0 Å². The van der Waals surface area contributed by atoms with Crippen molar-refractivity contribution in [1.82, 2.24) is 16.0 Å². The third kappa shape index (κ3) is 19.0. The van der Waals surface area contributed by atoms with E-state index in [9.17, 15) is 19.2 Å². The molecule has 0 aromatic heterocycles. The summed E-state index contributed by atoms with van der Waals surface area (Å²) in [5.41, 5.74) is 6.71. The van der Waals surface area contributed by atoms with Gasteiger partial charge in [-0.1, -0.05) is 90.2 Å². The van der Waals surface area contributed by atoms with E-state index in [0.29, 0.717) is 50.5 Å². The third-order valence-corrected chi connectivity index (χ3v) is 9.19. The first kappa shape index (κ1) is 41.0. The van der Waals surface area contributed by atoms with E-state index >= 15 is 0 Å². The molecule has 0 radical (unpaired) electrons. The maximum atomic E-state index is 13.4. The Morgan fingerprint density at radius 2 is 1.44 bits per heavy atom. The summed E-state index contributed by atoms with van der Waals surface area (Å²) in [6, 6.07) is 6.36. The highest BCUT2D eigenvalue weighted by Gasteiger charge is 2.22. The van der Waals surface area contributed by atoms with Crippen LogP contribution in [-0.4, -0.2) is 60.7 Å². The average molecular weight is 674 g/mol. The SMILES string of the molecule is CC(C)[C@@H](CN[C@@H](CCCNC(N)=O)C(=O)Nc1ccc(COC(=O)C2CCCCCCCCCCCC2)cc1)NCCCCC(=O)O. The Kier molecular flexibility index (Phi) is 21.3. The minimum absolute atomic E-state index is 0.0330. The second-order valence-corrected chi connectivity index (χ2v) is 13.7. The lowest BCUT2D eigenvalue weighted by atomic mass is 9.95. The summed E-state index contributed by atoms with van der Waals surface area (Å²) in [6.45, 7) is 6.02. The van der Waals surface area contributed by atoms with E-state index in [2.05, 4.69) is 35.1 Å². The van der Waals surface area contributed by atoms with Gasteiger partial charge in [-0.3, -0.25) is 14.4 Å². The second kappa shape index (κ2) is 24.9. The number of ether oxygens (including phenoxy) is 1. The minimum atomic E-state index is -0.790. The Morgan fingerprint density at radius 1 is 0.833 bits per heavy atom. The van der Waals surface area contributed by atoms with Crippen LogP contribution in [0.1, 0.15) is 129 Å². The third-order valence-electron chi connectivity index (χ3n) is 9.19. The number of nitrogens with one attached hydrogen (secondary N) is 4. The zero-order chi connectivity index (χ0) is 35.0. The van der Waals surface area contributed by atoms with Gasteiger partial charge in [0.15, 0.2) is 0 Å². The molecule has 1 aliphatic carbocycles. The Hall–Kier alpha value is -3.18. The number of aliphatic carboxylic acids is 1. The van der Waals surface area contributed by atoms with Crippen LogP contribution in [0.4, 0.5) is 10.5 Å². The molecule has 0 spiro atoms. The van der Waals surface area contributed by atoms with Gasteiger partial charge in [0, 0.05) is 31.2 Å². The molecule has 272 valence electrons. The monoisotopic (exact) mass is 673 g/mol. The van der Waals surface area contributed by atoms with Crippen molar-refractivity contribution in [1.29, 1.82) is 0 Å². The number of urea groups is 1. The van der Waals surface area contributed by atoms with E-state index in [1.807, 2.05) is 24.3 Å². The van der Waals surface area contributed by atoms with Gasteiger partial charge in [0.25, 0.3) is 0 Å². The zero-order valence-electron chi connectivity index (χ0n) is 29.5. The number of carbonyl (C=O) groups is 4. The molecular formula is C37H63N5O6. The molecule has 2 rings (SSSR count). The van der Waals surface area contributed by atoms with Gasteiger partial charge in [-0.05, 0) is 68.7 Å². The smallest absolute Gasteiger partial charge is 0.312 e. The molecule has 3 amide bonds. The number of anilines is 1. The number of amides is 3. The Labute approximate surface area is 288 Å². The van der Waals surface area contributed by atoms with Crippen molar-refractivity contribution in [2.24, 2.45) is 17.6 Å². The first-order valence-corrected chi connectivity index (χ1v) is 18.4. The summed E-state index contributed by atoms with van der Waals surface area (Å²) >= 11 is 0. The van der Waals surface area contributed by atoms with Gasteiger partial charge in [-0.2, -0.15) is 0 Å². The van der Waals surface area contributed by atoms with Gasteiger partial charge < -0.3 is 36.8 Å². The number of hydrogen-bond acceptors (Lipinski definition) is 7. The van der Waals surface area contributed by atoms with Crippen molar-refractivity contribution < 1.29 is 29.0 Å². The number of carbonyl (C=O) groups excluding carboxylic acids is 3. The van der Waals surface area contributed by atoms with Crippen LogP contribution in [-0.2, 0) is 25.7 Å². The lowest BCUT2D eigenvalue weighted by Crippen LogP contribution is -2.49. The van der Waals surface area contributed by atoms with Crippen LogP contribution in [0.3, 0.4) is 0 Å². The van der Waals surface area contributed by atoms with E-state index in [-0.39, 0.29) is 36.9 Å². The summed E-state index contributed by atoms with van der Waals surface area (Å²) in [5, 5.41) is 21.3. The van der Waals surface area contributed by atoms with E-state index < -0.39 is 18.0 Å². The lowest BCUT2D eigenvalue weighted by molar-refractivity contribution is -0.150. The summed E-state index contributed by atoms with van der Waals surface area (Å²) in [5.74, 6) is -0.818. The molecule has 1 saturated carbocycles. The van der Waals surface area contributed by atoms with E-state index in [1.54, 1.807) is 0 Å². The van der Waals surface area contributed by atoms with Crippen LogP contribution in [0.2, 0.25) is 0 Å². The Balaban J connectivity index is 1.91. The number of primary amides is 1. The highest BCUT2D eigenvalue weighted by atomic mass is 16.5. The normalized spacial score (nSPS) is 16.5. The minimum Gasteiger partial charge on any atom is -0.481 e. The van der Waals surface area contributed by atoms with Crippen LogP contribution >= 0.6 is 0 Å². The van der Waals surface area contributed by atoms with Crippen molar-refractivity contribution >= 4 is 29.6 Å². The molecular weight excluding hydrogens is 610 g/mol. The van der Waals surface area contributed by atoms with Gasteiger partial charge in [0.05, 0.1) is 12.0 Å². The fourth-order valence-electron chi connectivity index (χ4n) is 6.11. The van der Waals surface area contributed by atoms with Crippen LogP contribution in [0.25, 0.3) is 0 Å². The first-order chi connectivity index (χ1) is 23.2. The molecule has 2 atom stereocenters. The summed E-state index contributed by atoms with van der Waals surface area (Å²) in [4.78, 5) is 48.3. The molecule has 11 nitrogen and oxygen atoms in total. The van der Waals surface area contributed by atoms with Crippen molar-refractivity contribution in [3.05, 3.63) is 29.8 Å². The van der Waals surface area contributed by atoms with Gasteiger partial charge in [0.2, 0.25) is 5.91 Å². The number of carboxylic acids is 1. The quantitative estimate of drug-likeness (QED) is 0.0738. The summed E-state index contributed by atoms with van der Waals surface area (Å²) < 4.78 is 5.77. The van der Waals surface area contributed by atoms with E-state index in [0.717, 1.165) is 37.7 Å². The molecule has 1 aliphatic rings. The van der Waals surface area contributed by atoms with Gasteiger partial charge in [0.1, 0.15) is 6.61 Å². The highest BCUT2D eigenvalue weighted by molar-refractivity contribution is 5.94. The van der Waals surface area contributed by atoms with Gasteiger partial charge in [-0.15, -0.1) is 0 Å². The van der Waals surface area contributed by atoms with Crippen LogP contribution in [0, 0.1) is 11.8 Å². The molecule has 0 bridgehead atoms. The molecule has 1 aromatic rings. The van der Waals surface area contributed by atoms with Crippen LogP contribution < -0.4 is 27.0 Å². The number of esters is 1. The Morgan fingerprint density at radius 3 is 2.00 bits per heavy atom. The molecule has 48 heavy (non-hydrogen) atoms. The maximum Gasteiger partial charge on any atom is 0.312 e. The predicted octanol–water partition coefficient (Wildman–Crippen LogP) is 6.26. The number of carboxylic acid groups (broad SMARTS) is 1. The molecule has 11 heteroatoms. The lowest BCUT2D eigenvalue weighted by Gasteiger charge is -2.26. The fraction of sp³-hybridized carbons (Fsp3) is 0.730. The van der Waals surface area contributed by atoms with Crippen LogP contribution in [0.15, 0.2) is 24.3 Å². The average Bonchev–Trinajstić information content (AvgIpc) is 3.07. The fourth-order valence-corrected chi connectivity index (χ4v) is 6.11. The van der Waals surface area contributed by atoms with Gasteiger partial charge in [-0.25, -0.2) is 4.79 Å². The molecule has 0 saturated heterocycles. The van der Waals surface area contributed by atoms with Crippen LogP contribution in [0.5, 0.6) is 0 Å². The van der Waals surface area contributed by atoms with E-state index in [1.165, 1.54) is 51.4 Å². The standard InChI is InChI=1S/C37H63N5O6/c1-28(2)33(39-24-14-13-19-34(43)44)26-41-32(18-15-25-40-37(38)47)35(45)42-31-22-20-29(21-23-31)27-48-36(46)30-16-11-9-7-5-3-4-6-8-10-12-17-30/h20-23,28,30,32-33,39,41H,3-19,24-27H2,1-2H3,(H,42,45)(H,43,44)(H3,38,40,47)/t32-,33+/m0/s1.